The van der Waals surface area contributed by atoms with Crippen LogP contribution in [0.4, 0.5) is 0 Å². The SMILES string of the molecule is Cc1cc(C)c(C(=O)NCC2(O)CCCCC2)[nH]1. The summed E-state index contributed by atoms with van der Waals surface area (Å²) in [5.41, 5.74) is 1.82. The van der Waals surface area contributed by atoms with Crippen LogP contribution in [-0.4, -0.2) is 28.1 Å². The Kier molecular flexibility index (Phi) is 3.76. The minimum Gasteiger partial charge on any atom is -0.388 e. The smallest absolute Gasteiger partial charge is 0.268 e. The average Bonchev–Trinajstić information content (AvgIpc) is 2.67. The van der Waals surface area contributed by atoms with Crippen molar-refractivity contribution in [1.82, 2.24) is 10.3 Å². The van der Waals surface area contributed by atoms with Gasteiger partial charge in [-0.15, -0.1) is 0 Å². The topological polar surface area (TPSA) is 65.1 Å². The van der Waals surface area contributed by atoms with E-state index in [1.54, 1.807) is 0 Å². The maximum atomic E-state index is 12.0. The molecule has 1 aromatic heterocycles. The van der Waals surface area contributed by atoms with Crippen molar-refractivity contribution in [2.24, 2.45) is 0 Å². The Hall–Kier alpha value is -1.29. The Labute approximate surface area is 108 Å². The first kappa shape index (κ1) is 13.1. The lowest BCUT2D eigenvalue weighted by Crippen LogP contribution is -2.44. The Morgan fingerprint density at radius 2 is 2.06 bits per heavy atom. The van der Waals surface area contributed by atoms with Crippen molar-refractivity contribution in [3.05, 3.63) is 23.0 Å². The van der Waals surface area contributed by atoms with Crippen LogP contribution in [0, 0.1) is 13.8 Å². The van der Waals surface area contributed by atoms with E-state index in [9.17, 15) is 9.90 Å². The van der Waals surface area contributed by atoms with E-state index in [2.05, 4.69) is 10.3 Å². The number of aromatic nitrogens is 1. The van der Waals surface area contributed by atoms with Gasteiger partial charge in [-0.3, -0.25) is 4.79 Å². The van der Waals surface area contributed by atoms with Crippen molar-refractivity contribution in [2.75, 3.05) is 6.54 Å². The summed E-state index contributed by atoms with van der Waals surface area (Å²) in [6, 6.07) is 1.95. The van der Waals surface area contributed by atoms with Crippen LogP contribution < -0.4 is 5.32 Å². The second kappa shape index (κ2) is 5.14. The molecule has 1 aromatic rings. The number of rotatable bonds is 3. The summed E-state index contributed by atoms with van der Waals surface area (Å²) >= 11 is 0. The standard InChI is InChI=1S/C14H22N2O2/c1-10-8-11(2)16-12(10)13(17)15-9-14(18)6-4-3-5-7-14/h8,16,18H,3-7,9H2,1-2H3,(H,15,17). The number of aliphatic hydroxyl groups is 1. The molecular weight excluding hydrogens is 228 g/mol. The molecule has 0 radical (unpaired) electrons. The lowest BCUT2D eigenvalue weighted by molar-refractivity contribution is 0.00521. The maximum absolute atomic E-state index is 12.0. The molecule has 100 valence electrons. The summed E-state index contributed by atoms with van der Waals surface area (Å²) in [6.45, 7) is 4.19. The summed E-state index contributed by atoms with van der Waals surface area (Å²) in [4.78, 5) is 15.1. The summed E-state index contributed by atoms with van der Waals surface area (Å²) < 4.78 is 0. The van der Waals surface area contributed by atoms with Gasteiger partial charge >= 0.3 is 0 Å². The van der Waals surface area contributed by atoms with Crippen LogP contribution in [0.1, 0.15) is 53.8 Å². The molecule has 0 saturated heterocycles. The average molecular weight is 250 g/mol. The van der Waals surface area contributed by atoms with Crippen LogP contribution in [0.15, 0.2) is 6.07 Å². The summed E-state index contributed by atoms with van der Waals surface area (Å²) in [5.74, 6) is -0.125. The monoisotopic (exact) mass is 250 g/mol. The third-order valence-electron chi connectivity index (χ3n) is 3.74. The first-order chi connectivity index (χ1) is 8.50. The lowest BCUT2D eigenvalue weighted by atomic mass is 9.85. The van der Waals surface area contributed by atoms with Gasteiger partial charge in [0.15, 0.2) is 0 Å². The van der Waals surface area contributed by atoms with Gasteiger partial charge in [0, 0.05) is 12.2 Å². The van der Waals surface area contributed by atoms with Crippen molar-refractivity contribution in [3.63, 3.8) is 0 Å². The number of aryl methyl sites for hydroxylation is 2. The van der Waals surface area contributed by atoms with E-state index >= 15 is 0 Å². The van der Waals surface area contributed by atoms with E-state index in [4.69, 9.17) is 0 Å². The molecule has 3 N–H and O–H groups in total. The number of amides is 1. The largest absolute Gasteiger partial charge is 0.388 e. The van der Waals surface area contributed by atoms with Crippen LogP contribution in [0.5, 0.6) is 0 Å². The number of H-pyrrole nitrogens is 1. The molecule has 1 fully saturated rings. The van der Waals surface area contributed by atoms with Crippen molar-refractivity contribution < 1.29 is 9.90 Å². The van der Waals surface area contributed by atoms with Gasteiger partial charge < -0.3 is 15.4 Å². The molecule has 0 bridgehead atoms. The van der Waals surface area contributed by atoms with Crippen molar-refractivity contribution in [2.45, 2.75) is 51.6 Å². The quantitative estimate of drug-likeness (QED) is 0.768. The molecule has 2 rings (SSSR count). The molecule has 1 aliphatic carbocycles. The van der Waals surface area contributed by atoms with E-state index < -0.39 is 5.60 Å². The fraction of sp³-hybridized carbons (Fsp3) is 0.643. The van der Waals surface area contributed by atoms with Gasteiger partial charge in [-0.2, -0.15) is 0 Å². The van der Waals surface area contributed by atoms with Gasteiger partial charge in [0.25, 0.3) is 5.91 Å². The number of aromatic amines is 1. The highest BCUT2D eigenvalue weighted by Crippen LogP contribution is 2.27. The molecule has 1 amide bonds. The van der Waals surface area contributed by atoms with Gasteiger partial charge in [-0.05, 0) is 38.3 Å². The summed E-state index contributed by atoms with van der Waals surface area (Å²) in [7, 11) is 0. The van der Waals surface area contributed by atoms with E-state index in [0.29, 0.717) is 12.2 Å². The second-order valence-electron chi connectivity index (χ2n) is 5.48. The molecule has 0 unspecified atom stereocenters. The molecule has 18 heavy (non-hydrogen) atoms. The maximum Gasteiger partial charge on any atom is 0.268 e. The van der Waals surface area contributed by atoms with Crippen LogP contribution in [0.2, 0.25) is 0 Å². The van der Waals surface area contributed by atoms with E-state index in [1.807, 2.05) is 19.9 Å². The summed E-state index contributed by atoms with van der Waals surface area (Å²) in [6.07, 6.45) is 4.86. The van der Waals surface area contributed by atoms with Crippen LogP contribution in [0.3, 0.4) is 0 Å². The van der Waals surface area contributed by atoms with Crippen LogP contribution in [0.25, 0.3) is 0 Å². The van der Waals surface area contributed by atoms with Gasteiger partial charge in [-0.25, -0.2) is 0 Å². The molecule has 0 atom stereocenters. The Balaban J connectivity index is 1.94. The van der Waals surface area contributed by atoms with Crippen LogP contribution >= 0.6 is 0 Å². The molecule has 1 heterocycles. The molecule has 4 nitrogen and oxygen atoms in total. The van der Waals surface area contributed by atoms with Crippen molar-refractivity contribution in [3.8, 4) is 0 Å². The van der Waals surface area contributed by atoms with Crippen LogP contribution in [-0.2, 0) is 0 Å². The highest BCUT2D eigenvalue weighted by molar-refractivity contribution is 5.94. The fourth-order valence-corrected chi connectivity index (χ4v) is 2.68. The molecule has 1 saturated carbocycles. The molecular formula is C14H22N2O2. The van der Waals surface area contributed by atoms with Gasteiger partial charge in [-0.1, -0.05) is 19.3 Å². The predicted octanol–water partition coefficient (Wildman–Crippen LogP) is 2.06. The predicted molar refractivity (Wildman–Crippen MR) is 70.6 cm³/mol. The van der Waals surface area contributed by atoms with E-state index in [0.717, 1.165) is 36.9 Å². The Morgan fingerprint density at radius 1 is 1.39 bits per heavy atom. The molecule has 0 aliphatic heterocycles. The first-order valence-electron chi connectivity index (χ1n) is 6.67. The first-order valence-corrected chi connectivity index (χ1v) is 6.67. The Morgan fingerprint density at radius 3 is 2.61 bits per heavy atom. The van der Waals surface area contributed by atoms with Gasteiger partial charge in [0.1, 0.15) is 5.69 Å². The number of hydrogen-bond donors (Lipinski definition) is 3. The van der Waals surface area contributed by atoms with Gasteiger partial charge in [0.2, 0.25) is 0 Å². The lowest BCUT2D eigenvalue weighted by Gasteiger charge is -2.32. The zero-order valence-electron chi connectivity index (χ0n) is 11.2. The minimum atomic E-state index is -0.705. The minimum absolute atomic E-state index is 0.125. The summed E-state index contributed by atoms with van der Waals surface area (Å²) in [5, 5.41) is 13.2. The van der Waals surface area contributed by atoms with Crippen molar-refractivity contribution >= 4 is 5.91 Å². The Bertz CT molecular complexity index is 431. The van der Waals surface area contributed by atoms with Gasteiger partial charge in [0.05, 0.1) is 5.60 Å². The zero-order chi connectivity index (χ0) is 13.2. The molecule has 4 heteroatoms. The highest BCUT2D eigenvalue weighted by Gasteiger charge is 2.29. The third kappa shape index (κ3) is 2.93. The normalized spacial score (nSPS) is 18.6. The molecule has 0 spiro atoms. The van der Waals surface area contributed by atoms with E-state index in [-0.39, 0.29) is 5.91 Å². The highest BCUT2D eigenvalue weighted by atomic mass is 16.3. The van der Waals surface area contributed by atoms with E-state index in [1.165, 1.54) is 6.42 Å². The number of nitrogens with one attached hydrogen (secondary N) is 2. The number of hydrogen-bond acceptors (Lipinski definition) is 2. The molecule has 0 aromatic carbocycles. The number of carbonyl (C=O) groups excluding carboxylic acids is 1. The van der Waals surface area contributed by atoms with Crippen molar-refractivity contribution in [1.29, 1.82) is 0 Å². The fourth-order valence-electron chi connectivity index (χ4n) is 2.68. The zero-order valence-corrected chi connectivity index (χ0v) is 11.2. The second-order valence-corrected chi connectivity index (χ2v) is 5.48. The third-order valence-corrected chi connectivity index (χ3v) is 3.74. The molecule has 1 aliphatic rings. The number of carbonyl (C=O) groups is 1.